The van der Waals surface area contributed by atoms with Crippen molar-refractivity contribution in [2.75, 3.05) is 13.7 Å². The van der Waals surface area contributed by atoms with E-state index in [0.29, 0.717) is 5.56 Å². The molecule has 0 heterocycles. The summed E-state index contributed by atoms with van der Waals surface area (Å²) in [6, 6.07) is 13.1. The molecule has 5 nitrogen and oxygen atoms in total. The van der Waals surface area contributed by atoms with Gasteiger partial charge in [0.15, 0.2) is 0 Å². The van der Waals surface area contributed by atoms with Crippen molar-refractivity contribution in [2.45, 2.75) is 33.2 Å². The average Bonchev–Trinajstić information content (AvgIpc) is 2.63. The van der Waals surface area contributed by atoms with Gasteiger partial charge in [0, 0.05) is 11.1 Å². The van der Waals surface area contributed by atoms with Crippen molar-refractivity contribution in [3.8, 4) is 5.75 Å². The molecule has 26 heavy (non-hydrogen) atoms. The number of carbonyl (C=O) groups is 2. The number of methoxy groups -OCH3 is 1. The Balaban J connectivity index is 1.97. The maximum Gasteiger partial charge on any atom is 0.251 e. The summed E-state index contributed by atoms with van der Waals surface area (Å²) in [7, 11) is 1.61. The van der Waals surface area contributed by atoms with E-state index in [0.717, 1.165) is 28.9 Å². The third kappa shape index (κ3) is 5.09. The van der Waals surface area contributed by atoms with Crippen LogP contribution in [0.3, 0.4) is 0 Å². The molecule has 0 saturated carbocycles. The van der Waals surface area contributed by atoms with Gasteiger partial charge in [0.25, 0.3) is 5.91 Å². The molecule has 2 rings (SSSR count). The van der Waals surface area contributed by atoms with E-state index in [4.69, 9.17) is 4.74 Å². The highest BCUT2D eigenvalue weighted by molar-refractivity contribution is 5.96. The van der Waals surface area contributed by atoms with E-state index < -0.39 is 0 Å². The molecule has 0 radical (unpaired) electrons. The topological polar surface area (TPSA) is 67.4 Å². The fourth-order valence-electron chi connectivity index (χ4n) is 2.97. The zero-order valence-electron chi connectivity index (χ0n) is 15.8. The van der Waals surface area contributed by atoms with Crippen LogP contribution in [0.5, 0.6) is 5.75 Å². The fourth-order valence-corrected chi connectivity index (χ4v) is 2.97. The zero-order chi connectivity index (χ0) is 19.1. The second kappa shape index (κ2) is 9.04. The molecule has 0 fully saturated rings. The lowest BCUT2D eigenvalue weighted by molar-refractivity contribution is -0.120. The Labute approximate surface area is 154 Å². The van der Waals surface area contributed by atoms with Crippen LogP contribution in [0.4, 0.5) is 0 Å². The van der Waals surface area contributed by atoms with Gasteiger partial charge in [-0.25, -0.2) is 0 Å². The first-order chi connectivity index (χ1) is 12.4. The van der Waals surface area contributed by atoms with Gasteiger partial charge in [-0.1, -0.05) is 42.3 Å². The standard InChI is InChI=1S/C21H26N2O3/c1-5-18(17-8-6-7-9-19(17)26-4)23-20(24)13-22-21(25)16-11-14(2)10-15(3)12-16/h6-12,18H,5,13H2,1-4H3,(H,22,25)(H,23,24). The minimum Gasteiger partial charge on any atom is -0.496 e. The Morgan fingerprint density at radius 1 is 1.08 bits per heavy atom. The molecule has 0 aliphatic heterocycles. The van der Waals surface area contributed by atoms with Gasteiger partial charge in [-0.05, 0) is 38.5 Å². The third-order valence-corrected chi connectivity index (χ3v) is 4.15. The van der Waals surface area contributed by atoms with Crippen molar-refractivity contribution >= 4 is 11.8 Å². The summed E-state index contributed by atoms with van der Waals surface area (Å²) in [5.41, 5.74) is 3.52. The molecule has 0 saturated heterocycles. The number of ether oxygens (including phenoxy) is 1. The largest absolute Gasteiger partial charge is 0.496 e. The van der Waals surface area contributed by atoms with Gasteiger partial charge in [0.1, 0.15) is 5.75 Å². The maximum atomic E-state index is 12.3. The molecule has 2 aromatic carbocycles. The number of para-hydroxylation sites is 1. The highest BCUT2D eigenvalue weighted by Gasteiger charge is 2.17. The van der Waals surface area contributed by atoms with Crippen LogP contribution < -0.4 is 15.4 Å². The van der Waals surface area contributed by atoms with E-state index in [1.807, 2.05) is 63.2 Å². The van der Waals surface area contributed by atoms with Crippen LogP contribution in [-0.4, -0.2) is 25.5 Å². The average molecular weight is 354 g/mol. The van der Waals surface area contributed by atoms with E-state index in [1.165, 1.54) is 0 Å². The lowest BCUT2D eigenvalue weighted by Gasteiger charge is -2.20. The number of nitrogens with one attached hydrogen (secondary N) is 2. The number of benzene rings is 2. The second-order valence-corrected chi connectivity index (χ2v) is 6.33. The number of hydrogen-bond acceptors (Lipinski definition) is 3. The summed E-state index contributed by atoms with van der Waals surface area (Å²) < 4.78 is 5.37. The Bertz CT molecular complexity index is 766. The number of rotatable bonds is 7. The highest BCUT2D eigenvalue weighted by Crippen LogP contribution is 2.26. The van der Waals surface area contributed by atoms with E-state index in [2.05, 4.69) is 10.6 Å². The number of aryl methyl sites for hydroxylation is 2. The number of hydrogen-bond donors (Lipinski definition) is 2. The molecular formula is C21H26N2O3. The monoisotopic (exact) mass is 354 g/mol. The highest BCUT2D eigenvalue weighted by atomic mass is 16.5. The van der Waals surface area contributed by atoms with Crippen LogP contribution in [0.25, 0.3) is 0 Å². The van der Waals surface area contributed by atoms with Gasteiger partial charge >= 0.3 is 0 Å². The second-order valence-electron chi connectivity index (χ2n) is 6.33. The third-order valence-electron chi connectivity index (χ3n) is 4.15. The van der Waals surface area contributed by atoms with Crippen molar-refractivity contribution in [2.24, 2.45) is 0 Å². The summed E-state index contributed by atoms with van der Waals surface area (Å²) in [5, 5.41) is 5.63. The van der Waals surface area contributed by atoms with Crippen molar-refractivity contribution in [1.82, 2.24) is 10.6 Å². The van der Waals surface area contributed by atoms with Crippen LogP contribution in [-0.2, 0) is 4.79 Å². The summed E-state index contributed by atoms with van der Waals surface area (Å²) in [5.74, 6) is 0.247. The number of carbonyl (C=O) groups excluding carboxylic acids is 2. The van der Waals surface area contributed by atoms with Crippen LogP contribution >= 0.6 is 0 Å². The molecular weight excluding hydrogens is 328 g/mol. The van der Waals surface area contributed by atoms with Gasteiger partial charge in [0.05, 0.1) is 19.7 Å². The first-order valence-corrected chi connectivity index (χ1v) is 8.73. The van der Waals surface area contributed by atoms with Crippen LogP contribution in [0.1, 0.15) is 46.4 Å². The maximum absolute atomic E-state index is 12.3. The molecule has 0 spiro atoms. The summed E-state index contributed by atoms with van der Waals surface area (Å²) >= 11 is 0. The van der Waals surface area contributed by atoms with Gasteiger partial charge in [-0.15, -0.1) is 0 Å². The van der Waals surface area contributed by atoms with Gasteiger partial charge < -0.3 is 15.4 Å². The minimum atomic E-state index is -0.253. The van der Waals surface area contributed by atoms with Gasteiger partial charge in [-0.2, -0.15) is 0 Å². The van der Waals surface area contributed by atoms with Crippen molar-refractivity contribution in [3.63, 3.8) is 0 Å². The first-order valence-electron chi connectivity index (χ1n) is 8.73. The SMILES string of the molecule is CCC(NC(=O)CNC(=O)c1cc(C)cc(C)c1)c1ccccc1OC. The summed E-state index contributed by atoms with van der Waals surface area (Å²) in [6.45, 7) is 5.80. The van der Waals surface area contributed by atoms with Crippen LogP contribution in [0.2, 0.25) is 0 Å². The predicted molar refractivity (Wildman–Crippen MR) is 102 cm³/mol. The van der Waals surface area contributed by atoms with Gasteiger partial charge in [-0.3, -0.25) is 9.59 Å². The molecule has 5 heteroatoms. The molecule has 2 amide bonds. The van der Waals surface area contributed by atoms with E-state index in [9.17, 15) is 9.59 Å². The molecule has 2 aromatic rings. The molecule has 0 bridgehead atoms. The quantitative estimate of drug-likeness (QED) is 0.802. The molecule has 138 valence electrons. The molecule has 0 aliphatic rings. The molecule has 1 atom stereocenters. The van der Waals surface area contributed by atoms with E-state index in [-0.39, 0.29) is 24.4 Å². The molecule has 0 aliphatic carbocycles. The fraction of sp³-hybridized carbons (Fsp3) is 0.333. The smallest absolute Gasteiger partial charge is 0.251 e. The van der Waals surface area contributed by atoms with E-state index in [1.54, 1.807) is 7.11 Å². The molecule has 2 N–H and O–H groups in total. The summed E-state index contributed by atoms with van der Waals surface area (Å²) in [4.78, 5) is 24.6. The Hall–Kier alpha value is -2.82. The van der Waals surface area contributed by atoms with Crippen molar-refractivity contribution in [3.05, 3.63) is 64.7 Å². The first kappa shape index (κ1) is 19.5. The summed E-state index contributed by atoms with van der Waals surface area (Å²) in [6.07, 6.45) is 0.719. The Morgan fingerprint density at radius 2 is 1.73 bits per heavy atom. The molecule has 0 aromatic heterocycles. The van der Waals surface area contributed by atoms with Crippen LogP contribution in [0.15, 0.2) is 42.5 Å². The predicted octanol–water partition coefficient (Wildman–Crippen LogP) is 3.31. The Kier molecular flexibility index (Phi) is 6.78. The van der Waals surface area contributed by atoms with Gasteiger partial charge in [0.2, 0.25) is 5.91 Å². The van der Waals surface area contributed by atoms with Crippen molar-refractivity contribution < 1.29 is 14.3 Å². The lowest BCUT2D eigenvalue weighted by atomic mass is 10.0. The zero-order valence-corrected chi connectivity index (χ0v) is 15.8. The van der Waals surface area contributed by atoms with Crippen molar-refractivity contribution in [1.29, 1.82) is 0 Å². The molecule has 1 unspecified atom stereocenters. The van der Waals surface area contributed by atoms with E-state index >= 15 is 0 Å². The number of amides is 2. The van der Waals surface area contributed by atoms with Crippen LogP contribution in [0, 0.1) is 13.8 Å². The normalized spacial score (nSPS) is 11.5. The lowest BCUT2D eigenvalue weighted by Crippen LogP contribution is -2.38. The minimum absolute atomic E-state index is 0.0720. The Morgan fingerprint density at radius 3 is 2.35 bits per heavy atom.